The molecule has 4 heteroatoms. The summed E-state index contributed by atoms with van der Waals surface area (Å²) in [7, 11) is 0. The molecule has 1 heterocycles. The first-order valence-corrected chi connectivity index (χ1v) is 9.00. The van der Waals surface area contributed by atoms with Crippen molar-refractivity contribution >= 4 is 5.97 Å². The van der Waals surface area contributed by atoms with Crippen molar-refractivity contribution in [3.8, 4) is 11.1 Å². The average Bonchev–Trinajstić information content (AvgIpc) is 2.65. The highest BCUT2D eigenvalue weighted by Gasteiger charge is 2.20. The molecule has 0 N–H and O–H groups in total. The molecule has 2 aromatic rings. The zero-order valence-corrected chi connectivity index (χ0v) is 14.9. The number of benzene rings is 2. The molecule has 0 aromatic heterocycles. The molecule has 0 unspecified atom stereocenters. The number of rotatable bonds is 6. The monoisotopic (exact) mass is 338 g/mol. The van der Waals surface area contributed by atoms with Gasteiger partial charge in [-0.05, 0) is 23.6 Å². The van der Waals surface area contributed by atoms with Crippen molar-refractivity contribution in [3.63, 3.8) is 0 Å². The Balaban J connectivity index is 1.59. The number of ether oxygens (including phenoxy) is 1. The summed E-state index contributed by atoms with van der Waals surface area (Å²) in [6.45, 7) is 7.42. The van der Waals surface area contributed by atoms with E-state index < -0.39 is 0 Å². The van der Waals surface area contributed by atoms with Crippen molar-refractivity contribution in [2.45, 2.75) is 13.5 Å². The minimum atomic E-state index is -0.120. The van der Waals surface area contributed by atoms with Gasteiger partial charge >= 0.3 is 5.97 Å². The minimum Gasteiger partial charge on any atom is -0.465 e. The molecule has 1 saturated heterocycles. The van der Waals surface area contributed by atoms with Crippen LogP contribution in [0.25, 0.3) is 11.1 Å². The highest BCUT2D eigenvalue weighted by atomic mass is 16.5. The normalized spacial score (nSPS) is 15.9. The van der Waals surface area contributed by atoms with E-state index in [1.165, 1.54) is 16.7 Å². The van der Waals surface area contributed by atoms with E-state index in [4.69, 9.17) is 4.74 Å². The second-order valence-corrected chi connectivity index (χ2v) is 6.38. The number of hydrogen-bond donors (Lipinski definition) is 0. The van der Waals surface area contributed by atoms with Gasteiger partial charge in [-0.25, -0.2) is 0 Å². The standard InChI is InChI=1S/C21H26N2O2/c1-2-25-21(24)17-23-14-12-22(13-15-23)16-19-10-6-7-11-20(19)18-8-4-3-5-9-18/h3-11H,2,12-17H2,1H3. The third kappa shape index (κ3) is 4.91. The van der Waals surface area contributed by atoms with Gasteiger partial charge in [-0.15, -0.1) is 0 Å². The summed E-state index contributed by atoms with van der Waals surface area (Å²) in [5, 5.41) is 0. The predicted molar refractivity (Wildman–Crippen MR) is 100 cm³/mol. The van der Waals surface area contributed by atoms with Crippen molar-refractivity contribution in [1.82, 2.24) is 9.80 Å². The van der Waals surface area contributed by atoms with Crippen molar-refractivity contribution in [3.05, 3.63) is 60.2 Å². The molecule has 1 aliphatic heterocycles. The fourth-order valence-corrected chi connectivity index (χ4v) is 3.29. The molecule has 25 heavy (non-hydrogen) atoms. The molecule has 1 aliphatic rings. The van der Waals surface area contributed by atoms with Gasteiger partial charge < -0.3 is 4.74 Å². The molecule has 0 radical (unpaired) electrons. The van der Waals surface area contributed by atoms with Crippen LogP contribution in [0.3, 0.4) is 0 Å². The van der Waals surface area contributed by atoms with E-state index in [0.29, 0.717) is 13.2 Å². The van der Waals surface area contributed by atoms with Crippen molar-refractivity contribution in [2.75, 3.05) is 39.3 Å². The Labute approximate surface area is 150 Å². The van der Waals surface area contributed by atoms with Crippen LogP contribution < -0.4 is 0 Å². The van der Waals surface area contributed by atoms with E-state index in [0.717, 1.165) is 32.7 Å². The molecule has 4 nitrogen and oxygen atoms in total. The van der Waals surface area contributed by atoms with Gasteiger partial charge in [0.25, 0.3) is 0 Å². The lowest BCUT2D eigenvalue weighted by Gasteiger charge is -2.34. The quantitative estimate of drug-likeness (QED) is 0.758. The van der Waals surface area contributed by atoms with Crippen LogP contribution in [-0.2, 0) is 16.1 Å². The number of nitrogens with zero attached hydrogens (tertiary/aromatic N) is 2. The van der Waals surface area contributed by atoms with Gasteiger partial charge in [-0.1, -0.05) is 54.6 Å². The summed E-state index contributed by atoms with van der Waals surface area (Å²) in [6, 6.07) is 19.2. The van der Waals surface area contributed by atoms with Gasteiger partial charge in [0, 0.05) is 32.7 Å². The van der Waals surface area contributed by atoms with E-state index in [1.807, 2.05) is 6.92 Å². The lowest BCUT2D eigenvalue weighted by atomic mass is 9.99. The van der Waals surface area contributed by atoms with E-state index in [-0.39, 0.29) is 5.97 Å². The van der Waals surface area contributed by atoms with Crippen LogP contribution in [-0.4, -0.2) is 55.1 Å². The molecular weight excluding hydrogens is 312 g/mol. The molecular formula is C21H26N2O2. The summed E-state index contributed by atoms with van der Waals surface area (Å²) in [5.41, 5.74) is 3.92. The molecule has 0 aliphatic carbocycles. The Bertz CT molecular complexity index is 679. The number of piperazine rings is 1. The van der Waals surface area contributed by atoms with E-state index in [1.54, 1.807) is 0 Å². The highest BCUT2D eigenvalue weighted by molar-refractivity contribution is 5.71. The minimum absolute atomic E-state index is 0.120. The highest BCUT2D eigenvalue weighted by Crippen LogP contribution is 2.24. The third-order valence-electron chi connectivity index (χ3n) is 4.62. The van der Waals surface area contributed by atoms with E-state index in [9.17, 15) is 4.79 Å². The fourth-order valence-electron chi connectivity index (χ4n) is 3.29. The maximum atomic E-state index is 11.6. The van der Waals surface area contributed by atoms with Gasteiger partial charge in [0.05, 0.1) is 13.2 Å². The van der Waals surface area contributed by atoms with Crippen LogP contribution in [0, 0.1) is 0 Å². The summed E-state index contributed by atoms with van der Waals surface area (Å²) >= 11 is 0. The Morgan fingerprint density at radius 2 is 1.56 bits per heavy atom. The number of carbonyl (C=O) groups is 1. The summed E-state index contributed by atoms with van der Waals surface area (Å²) < 4.78 is 5.04. The largest absolute Gasteiger partial charge is 0.465 e. The lowest BCUT2D eigenvalue weighted by Crippen LogP contribution is -2.47. The van der Waals surface area contributed by atoms with Crippen LogP contribution in [0.5, 0.6) is 0 Å². The maximum absolute atomic E-state index is 11.6. The van der Waals surface area contributed by atoms with Crippen molar-refractivity contribution in [1.29, 1.82) is 0 Å². The van der Waals surface area contributed by atoms with Crippen LogP contribution in [0.15, 0.2) is 54.6 Å². The molecule has 1 fully saturated rings. The lowest BCUT2D eigenvalue weighted by molar-refractivity contribution is -0.144. The first-order valence-electron chi connectivity index (χ1n) is 9.00. The zero-order valence-electron chi connectivity index (χ0n) is 14.9. The average molecular weight is 338 g/mol. The Morgan fingerprint density at radius 3 is 2.28 bits per heavy atom. The molecule has 0 saturated carbocycles. The van der Waals surface area contributed by atoms with Gasteiger partial charge in [-0.3, -0.25) is 14.6 Å². The summed E-state index contributed by atoms with van der Waals surface area (Å²) in [4.78, 5) is 16.2. The van der Waals surface area contributed by atoms with Crippen LogP contribution in [0.2, 0.25) is 0 Å². The van der Waals surface area contributed by atoms with Crippen molar-refractivity contribution in [2.24, 2.45) is 0 Å². The Morgan fingerprint density at radius 1 is 0.920 bits per heavy atom. The van der Waals surface area contributed by atoms with E-state index in [2.05, 4.69) is 64.4 Å². The molecule has 0 spiro atoms. The van der Waals surface area contributed by atoms with Crippen LogP contribution >= 0.6 is 0 Å². The van der Waals surface area contributed by atoms with E-state index >= 15 is 0 Å². The molecule has 3 rings (SSSR count). The maximum Gasteiger partial charge on any atom is 0.320 e. The van der Waals surface area contributed by atoms with Crippen molar-refractivity contribution < 1.29 is 9.53 Å². The molecule has 0 atom stereocenters. The second kappa shape index (κ2) is 8.79. The number of hydrogen-bond acceptors (Lipinski definition) is 4. The number of esters is 1. The SMILES string of the molecule is CCOC(=O)CN1CCN(Cc2ccccc2-c2ccccc2)CC1. The summed E-state index contributed by atoms with van der Waals surface area (Å²) in [5.74, 6) is -0.120. The zero-order chi connectivity index (χ0) is 17.5. The summed E-state index contributed by atoms with van der Waals surface area (Å²) in [6.07, 6.45) is 0. The van der Waals surface area contributed by atoms with Crippen LogP contribution in [0.4, 0.5) is 0 Å². The second-order valence-electron chi connectivity index (χ2n) is 6.38. The van der Waals surface area contributed by atoms with Gasteiger partial charge in [-0.2, -0.15) is 0 Å². The first-order chi connectivity index (χ1) is 12.3. The predicted octanol–water partition coefficient (Wildman–Crippen LogP) is 3.03. The number of carbonyl (C=O) groups excluding carboxylic acids is 1. The molecule has 2 aromatic carbocycles. The fraction of sp³-hybridized carbons (Fsp3) is 0.381. The third-order valence-corrected chi connectivity index (χ3v) is 4.62. The van der Waals surface area contributed by atoms with Gasteiger partial charge in [0.15, 0.2) is 0 Å². The molecule has 132 valence electrons. The Kier molecular flexibility index (Phi) is 6.20. The molecule has 0 amide bonds. The molecule has 0 bridgehead atoms. The topological polar surface area (TPSA) is 32.8 Å². The first kappa shape index (κ1) is 17.6. The van der Waals surface area contributed by atoms with Crippen LogP contribution in [0.1, 0.15) is 12.5 Å². The van der Waals surface area contributed by atoms with Gasteiger partial charge in [0.1, 0.15) is 0 Å². The van der Waals surface area contributed by atoms with Gasteiger partial charge in [0.2, 0.25) is 0 Å². The smallest absolute Gasteiger partial charge is 0.320 e. The Hall–Kier alpha value is -2.17.